The minimum absolute atomic E-state index is 0.0472. The van der Waals surface area contributed by atoms with Crippen LogP contribution in [0.15, 0.2) is 47.4 Å². The highest BCUT2D eigenvalue weighted by Crippen LogP contribution is 2.19. The summed E-state index contributed by atoms with van der Waals surface area (Å²) in [7, 11) is -4.16. The van der Waals surface area contributed by atoms with E-state index in [1.165, 1.54) is 12.1 Å². The lowest BCUT2D eigenvalue weighted by atomic mass is 10.1. The van der Waals surface area contributed by atoms with Gasteiger partial charge in [-0.3, -0.25) is 9.52 Å². The topological polar surface area (TPSA) is 95.5 Å². The third-order valence-corrected chi connectivity index (χ3v) is 4.95. The Bertz CT molecular complexity index is 909. The third kappa shape index (κ3) is 6.00. The van der Waals surface area contributed by atoms with Crippen molar-refractivity contribution in [1.29, 1.82) is 0 Å². The molecule has 27 heavy (non-hydrogen) atoms. The summed E-state index contributed by atoms with van der Waals surface area (Å²) >= 11 is 0. The number of rotatable bonds is 7. The normalized spacial score (nSPS) is 11.9. The molecule has 0 saturated heterocycles. The van der Waals surface area contributed by atoms with Crippen LogP contribution in [0.4, 0.5) is 14.5 Å². The van der Waals surface area contributed by atoms with Crippen molar-refractivity contribution in [2.24, 2.45) is 0 Å². The van der Waals surface area contributed by atoms with Gasteiger partial charge in [0.25, 0.3) is 10.0 Å². The number of aliphatic hydroxyl groups is 1. The highest BCUT2D eigenvalue weighted by Gasteiger charge is 2.19. The number of hydrogen-bond acceptors (Lipinski definition) is 4. The lowest BCUT2D eigenvalue weighted by Crippen LogP contribution is -2.46. The number of aliphatic hydroxyl groups excluding tert-OH is 1. The highest BCUT2D eigenvalue weighted by molar-refractivity contribution is 7.92. The van der Waals surface area contributed by atoms with Crippen LogP contribution < -0.4 is 10.0 Å². The number of benzene rings is 2. The Morgan fingerprint density at radius 2 is 1.63 bits per heavy atom. The van der Waals surface area contributed by atoms with Gasteiger partial charge in [0.05, 0.1) is 23.5 Å². The molecule has 0 unspecified atom stereocenters. The van der Waals surface area contributed by atoms with Crippen molar-refractivity contribution in [3.8, 4) is 0 Å². The molecule has 0 aliphatic heterocycles. The molecule has 146 valence electrons. The number of anilines is 1. The standard InChI is InChI=1S/C18H20F2N2O4S/c1-18(2,11-23)21-17(24)7-12-3-5-15(6-4-12)22-27(25,26)16-9-13(19)8-14(20)10-16/h3-6,8-10,22-23H,7,11H2,1-2H3,(H,21,24). The number of hydrogen-bond donors (Lipinski definition) is 3. The van der Waals surface area contributed by atoms with E-state index in [0.29, 0.717) is 23.8 Å². The summed E-state index contributed by atoms with van der Waals surface area (Å²) in [5, 5.41) is 11.8. The van der Waals surface area contributed by atoms with Gasteiger partial charge in [-0.1, -0.05) is 12.1 Å². The summed E-state index contributed by atoms with van der Waals surface area (Å²) in [6, 6.07) is 7.99. The Hall–Kier alpha value is -2.52. The number of carbonyl (C=O) groups excluding carboxylic acids is 1. The molecule has 0 aliphatic rings. The van der Waals surface area contributed by atoms with E-state index < -0.39 is 32.1 Å². The Balaban J connectivity index is 2.08. The van der Waals surface area contributed by atoms with Crippen molar-refractivity contribution < 1.29 is 27.1 Å². The number of carbonyl (C=O) groups is 1. The molecule has 2 rings (SSSR count). The van der Waals surface area contributed by atoms with Crippen molar-refractivity contribution in [2.75, 3.05) is 11.3 Å². The summed E-state index contributed by atoms with van der Waals surface area (Å²) in [5.41, 5.74) is 0.0629. The molecule has 2 aromatic rings. The first-order chi connectivity index (χ1) is 12.5. The van der Waals surface area contributed by atoms with Gasteiger partial charge in [-0.25, -0.2) is 17.2 Å². The van der Waals surface area contributed by atoms with Crippen LogP contribution in [0, 0.1) is 11.6 Å². The maximum atomic E-state index is 13.2. The largest absolute Gasteiger partial charge is 0.394 e. The van der Waals surface area contributed by atoms with E-state index in [9.17, 15) is 22.0 Å². The summed E-state index contributed by atoms with van der Waals surface area (Å²) in [5.74, 6) is -2.29. The Labute approximate surface area is 156 Å². The molecular weight excluding hydrogens is 378 g/mol. The lowest BCUT2D eigenvalue weighted by molar-refractivity contribution is -0.122. The zero-order valence-electron chi connectivity index (χ0n) is 14.8. The molecule has 0 atom stereocenters. The minimum atomic E-state index is -4.16. The number of halogens is 2. The first-order valence-corrected chi connectivity index (χ1v) is 9.49. The maximum Gasteiger partial charge on any atom is 0.262 e. The average molecular weight is 398 g/mol. The maximum absolute atomic E-state index is 13.2. The van der Waals surface area contributed by atoms with Crippen molar-refractivity contribution >= 4 is 21.6 Å². The smallest absolute Gasteiger partial charge is 0.262 e. The second-order valence-corrected chi connectivity index (χ2v) is 8.36. The van der Waals surface area contributed by atoms with Crippen LogP contribution in [0.1, 0.15) is 19.4 Å². The second-order valence-electron chi connectivity index (χ2n) is 6.67. The highest BCUT2D eigenvalue weighted by atomic mass is 32.2. The van der Waals surface area contributed by atoms with Gasteiger partial charge in [0.1, 0.15) is 11.6 Å². The summed E-state index contributed by atoms with van der Waals surface area (Å²) in [4.78, 5) is 11.4. The van der Waals surface area contributed by atoms with Crippen LogP contribution in [0.5, 0.6) is 0 Å². The van der Waals surface area contributed by atoms with Crippen LogP contribution in [-0.4, -0.2) is 31.6 Å². The van der Waals surface area contributed by atoms with E-state index in [-0.39, 0.29) is 24.6 Å². The predicted octanol–water partition coefficient (Wildman–Crippen LogP) is 2.20. The van der Waals surface area contributed by atoms with Gasteiger partial charge in [0.2, 0.25) is 5.91 Å². The first-order valence-electron chi connectivity index (χ1n) is 8.00. The van der Waals surface area contributed by atoms with Crippen molar-refractivity contribution in [2.45, 2.75) is 30.7 Å². The van der Waals surface area contributed by atoms with E-state index in [4.69, 9.17) is 5.11 Å². The molecule has 6 nitrogen and oxygen atoms in total. The van der Waals surface area contributed by atoms with E-state index in [1.807, 2.05) is 0 Å². The van der Waals surface area contributed by atoms with Gasteiger partial charge in [0.15, 0.2) is 0 Å². The van der Waals surface area contributed by atoms with E-state index in [1.54, 1.807) is 26.0 Å². The van der Waals surface area contributed by atoms with Gasteiger partial charge >= 0.3 is 0 Å². The van der Waals surface area contributed by atoms with Gasteiger partial charge in [0, 0.05) is 11.8 Å². The molecule has 0 heterocycles. The SMILES string of the molecule is CC(C)(CO)NC(=O)Cc1ccc(NS(=O)(=O)c2cc(F)cc(F)c2)cc1. The zero-order valence-corrected chi connectivity index (χ0v) is 15.6. The van der Waals surface area contributed by atoms with Crippen LogP contribution in [0.3, 0.4) is 0 Å². The summed E-state index contributed by atoms with van der Waals surface area (Å²) in [6.07, 6.45) is 0.0472. The van der Waals surface area contributed by atoms with Gasteiger partial charge < -0.3 is 10.4 Å². The molecule has 9 heteroatoms. The molecule has 0 radical (unpaired) electrons. The fourth-order valence-electron chi connectivity index (χ4n) is 2.23. The first kappa shape index (κ1) is 20.8. The molecule has 3 N–H and O–H groups in total. The second kappa shape index (κ2) is 8.01. The summed E-state index contributed by atoms with van der Waals surface area (Å²) < 4.78 is 53.1. The van der Waals surface area contributed by atoms with Gasteiger partial charge in [-0.05, 0) is 43.7 Å². The van der Waals surface area contributed by atoms with Crippen molar-refractivity contribution in [1.82, 2.24) is 5.32 Å². The van der Waals surface area contributed by atoms with Crippen LogP contribution in [0.2, 0.25) is 0 Å². The molecule has 0 spiro atoms. The average Bonchev–Trinajstić information content (AvgIpc) is 2.55. The van der Waals surface area contributed by atoms with Crippen molar-refractivity contribution in [3.05, 3.63) is 59.7 Å². The molecule has 0 aliphatic carbocycles. The van der Waals surface area contributed by atoms with Gasteiger partial charge in [-0.15, -0.1) is 0 Å². The molecule has 0 aromatic heterocycles. The third-order valence-electron chi connectivity index (χ3n) is 3.59. The molecule has 0 bridgehead atoms. The zero-order chi connectivity index (χ0) is 20.2. The quantitative estimate of drug-likeness (QED) is 0.666. The fourth-order valence-corrected chi connectivity index (χ4v) is 3.33. The van der Waals surface area contributed by atoms with Gasteiger partial charge in [-0.2, -0.15) is 0 Å². The fraction of sp³-hybridized carbons (Fsp3) is 0.278. The van der Waals surface area contributed by atoms with E-state index in [2.05, 4.69) is 10.0 Å². The van der Waals surface area contributed by atoms with Crippen LogP contribution in [-0.2, 0) is 21.2 Å². The van der Waals surface area contributed by atoms with E-state index >= 15 is 0 Å². The lowest BCUT2D eigenvalue weighted by Gasteiger charge is -2.23. The molecule has 0 fully saturated rings. The summed E-state index contributed by atoms with van der Waals surface area (Å²) in [6.45, 7) is 3.15. The molecule has 0 saturated carbocycles. The minimum Gasteiger partial charge on any atom is -0.394 e. The Morgan fingerprint density at radius 1 is 1.07 bits per heavy atom. The number of sulfonamides is 1. The number of nitrogens with one attached hydrogen (secondary N) is 2. The Kier molecular flexibility index (Phi) is 6.17. The molecular formula is C18H20F2N2O4S. The van der Waals surface area contributed by atoms with Crippen LogP contribution >= 0.6 is 0 Å². The Morgan fingerprint density at radius 3 is 2.15 bits per heavy atom. The monoisotopic (exact) mass is 398 g/mol. The molecule has 1 amide bonds. The predicted molar refractivity (Wildman–Crippen MR) is 96.6 cm³/mol. The van der Waals surface area contributed by atoms with Crippen molar-refractivity contribution in [3.63, 3.8) is 0 Å². The molecule has 2 aromatic carbocycles. The van der Waals surface area contributed by atoms with E-state index in [0.717, 1.165) is 0 Å². The number of amides is 1. The van der Waals surface area contributed by atoms with Crippen LogP contribution in [0.25, 0.3) is 0 Å².